The SMILES string of the molecule is CC(=O)Nc1cccc(OCCNC(=O)C(C)C2CNC2)c1. The van der Waals surface area contributed by atoms with Crippen molar-refractivity contribution in [1.29, 1.82) is 0 Å². The minimum absolute atomic E-state index is 0.0318. The Kier molecular flexibility index (Phi) is 5.77. The van der Waals surface area contributed by atoms with E-state index in [0.717, 1.165) is 13.1 Å². The van der Waals surface area contributed by atoms with Gasteiger partial charge in [-0.3, -0.25) is 9.59 Å². The third-order valence-electron chi connectivity index (χ3n) is 3.76. The van der Waals surface area contributed by atoms with E-state index in [1.54, 1.807) is 12.1 Å². The normalized spacial score (nSPS) is 15.5. The van der Waals surface area contributed by atoms with Crippen LogP contribution in [0.4, 0.5) is 5.69 Å². The van der Waals surface area contributed by atoms with Gasteiger partial charge in [-0.2, -0.15) is 0 Å². The van der Waals surface area contributed by atoms with Gasteiger partial charge >= 0.3 is 0 Å². The van der Waals surface area contributed by atoms with Crippen LogP contribution < -0.4 is 20.7 Å². The van der Waals surface area contributed by atoms with Crippen molar-refractivity contribution < 1.29 is 14.3 Å². The molecule has 3 N–H and O–H groups in total. The molecule has 1 fully saturated rings. The Hall–Kier alpha value is -2.08. The van der Waals surface area contributed by atoms with Crippen molar-refractivity contribution in [1.82, 2.24) is 10.6 Å². The first-order valence-corrected chi connectivity index (χ1v) is 7.55. The summed E-state index contributed by atoms with van der Waals surface area (Å²) in [5.41, 5.74) is 0.695. The summed E-state index contributed by atoms with van der Waals surface area (Å²) in [6.07, 6.45) is 0. The second kappa shape index (κ2) is 7.79. The third kappa shape index (κ3) is 4.73. The van der Waals surface area contributed by atoms with Crippen molar-refractivity contribution in [2.24, 2.45) is 11.8 Å². The quantitative estimate of drug-likeness (QED) is 0.657. The highest BCUT2D eigenvalue weighted by Crippen LogP contribution is 2.17. The van der Waals surface area contributed by atoms with Crippen molar-refractivity contribution in [3.05, 3.63) is 24.3 Å². The van der Waals surface area contributed by atoms with E-state index in [-0.39, 0.29) is 17.7 Å². The van der Waals surface area contributed by atoms with Crippen LogP contribution in [0.3, 0.4) is 0 Å². The zero-order chi connectivity index (χ0) is 15.9. The second-order valence-electron chi connectivity index (χ2n) is 5.56. The van der Waals surface area contributed by atoms with Crippen LogP contribution in [0.2, 0.25) is 0 Å². The summed E-state index contributed by atoms with van der Waals surface area (Å²) in [4.78, 5) is 22.9. The third-order valence-corrected chi connectivity index (χ3v) is 3.76. The lowest BCUT2D eigenvalue weighted by Gasteiger charge is -2.31. The standard InChI is InChI=1S/C16H23N3O3/c1-11(13-9-17-10-13)16(21)18-6-7-22-15-5-3-4-14(8-15)19-12(2)20/h3-5,8,11,13,17H,6-7,9-10H2,1-2H3,(H,18,21)(H,19,20). The maximum atomic E-state index is 11.9. The molecule has 0 saturated carbocycles. The smallest absolute Gasteiger partial charge is 0.223 e. The molecule has 1 saturated heterocycles. The molecule has 1 aliphatic heterocycles. The van der Waals surface area contributed by atoms with Gasteiger partial charge in [0.1, 0.15) is 12.4 Å². The molecular weight excluding hydrogens is 282 g/mol. The van der Waals surface area contributed by atoms with Crippen LogP contribution in [0.25, 0.3) is 0 Å². The summed E-state index contributed by atoms with van der Waals surface area (Å²) in [6, 6.07) is 7.18. The predicted octanol–water partition coefficient (Wildman–Crippen LogP) is 0.995. The van der Waals surface area contributed by atoms with Gasteiger partial charge in [0, 0.05) is 24.6 Å². The maximum Gasteiger partial charge on any atom is 0.223 e. The molecule has 2 amide bonds. The fourth-order valence-electron chi connectivity index (χ4n) is 2.25. The van der Waals surface area contributed by atoms with E-state index in [1.807, 2.05) is 19.1 Å². The Balaban J connectivity index is 1.69. The summed E-state index contributed by atoms with van der Waals surface area (Å²) < 4.78 is 5.58. The second-order valence-corrected chi connectivity index (χ2v) is 5.56. The lowest BCUT2D eigenvalue weighted by atomic mass is 9.88. The van der Waals surface area contributed by atoms with Gasteiger partial charge in [0.05, 0.1) is 6.54 Å². The minimum Gasteiger partial charge on any atom is -0.492 e. The van der Waals surface area contributed by atoms with Crippen molar-refractivity contribution in [2.45, 2.75) is 13.8 Å². The average molecular weight is 305 g/mol. The number of carbonyl (C=O) groups excluding carboxylic acids is 2. The molecule has 2 rings (SSSR count). The Labute approximate surface area is 130 Å². The van der Waals surface area contributed by atoms with Gasteiger partial charge in [-0.05, 0) is 31.1 Å². The van der Waals surface area contributed by atoms with E-state index >= 15 is 0 Å². The zero-order valence-corrected chi connectivity index (χ0v) is 13.0. The molecule has 0 aliphatic carbocycles. The summed E-state index contributed by atoms with van der Waals surface area (Å²) >= 11 is 0. The molecule has 1 aliphatic rings. The van der Waals surface area contributed by atoms with Crippen LogP contribution in [-0.4, -0.2) is 38.1 Å². The van der Waals surface area contributed by atoms with E-state index in [0.29, 0.717) is 30.5 Å². The number of amides is 2. The van der Waals surface area contributed by atoms with E-state index < -0.39 is 0 Å². The minimum atomic E-state index is -0.121. The lowest BCUT2D eigenvalue weighted by molar-refractivity contribution is -0.126. The number of hydrogen-bond donors (Lipinski definition) is 3. The first kappa shape index (κ1) is 16.3. The van der Waals surface area contributed by atoms with Gasteiger partial charge in [-0.25, -0.2) is 0 Å². The molecular formula is C16H23N3O3. The van der Waals surface area contributed by atoms with Crippen molar-refractivity contribution in [3.8, 4) is 5.75 Å². The molecule has 22 heavy (non-hydrogen) atoms. The number of anilines is 1. The highest BCUT2D eigenvalue weighted by molar-refractivity contribution is 5.88. The van der Waals surface area contributed by atoms with Gasteiger partial charge in [-0.15, -0.1) is 0 Å². The summed E-state index contributed by atoms with van der Waals surface area (Å²) in [7, 11) is 0. The highest BCUT2D eigenvalue weighted by atomic mass is 16.5. The van der Waals surface area contributed by atoms with E-state index in [2.05, 4.69) is 16.0 Å². The Morgan fingerprint density at radius 3 is 2.82 bits per heavy atom. The molecule has 1 aromatic rings. The first-order valence-electron chi connectivity index (χ1n) is 7.55. The topological polar surface area (TPSA) is 79.5 Å². The molecule has 120 valence electrons. The Bertz CT molecular complexity index is 529. The van der Waals surface area contributed by atoms with E-state index in [9.17, 15) is 9.59 Å². The largest absolute Gasteiger partial charge is 0.492 e. The van der Waals surface area contributed by atoms with Gasteiger partial charge in [0.25, 0.3) is 0 Å². The van der Waals surface area contributed by atoms with Crippen LogP contribution in [0.15, 0.2) is 24.3 Å². The molecule has 0 spiro atoms. The molecule has 0 radical (unpaired) electrons. The molecule has 1 atom stereocenters. The van der Waals surface area contributed by atoms with E-state index in [1.165, 1.54) is 6.92 Å². The Morgan fingerprint density at radius 2 is 2.18 bits per heavy atom. The van der Waals surface area contributed by atoms with Crippen LogP contribution in [0.1, 0.15) is 13.8 Å². The number of rotatable bonds is 7. The molecule has 6 heteroatoms. The summed E-state index contributed by atoms with van der Waals surface area (Å²) in [5.74, 6) is 1.09. The van der Waals surface area contributed by atoms with Gasteiger partial charge in [0.2, 0.25) is 11.8 Å². The first-order chi connectivity index (χ1) is 10.6. The van der Waals surface area contributed by atoms with Crippen molar-refractivity contribution in [3.63, 3.8) is 0 Å². The van der Waals surface area contributed by atoms with Crippen LogP contribution in [-0.2, 0) is 9.59 Å². The Morgan fingerprint density at radius 1 is 1.41 bits per heavy atom. The number of nitrogens with one attached hydrogen (secondary N) is 3. The van der Waals surface area contributed by atoms with Crippen LogP contribution in [0.5, 0.6) is 5.75 Å². The monoisotopic (exact) mass is 305 g/mol. The van der Waals surface area contributed by atoms with Gasteiger partial charge in [-0.1, -0.05) is 13.0 Å². The number of benzene rings is 1. The van der Waals surface area contributed by atoms with Crippen molar-refractivity contribution >= 4 is 17.5 Å². The van der Waals surface area contributed by atoms with Crippen LogP contribution in [0, 0.1) is 11.8 Å². The van der Waals surface area contributed by atoms with Crippen molar-refractivity contribution in [2.75, 3.05) is 31.6 Å². The summed E-state index contributed by atoms with van der Waals surface area (Å²) in [6.45, 7) is 6.11. The van der Waals surface area contributed by atoms with Gasteiger partial charge in [0.15, 0.2) is 0 Å². The lowest BCUT2D eigenvalue weighted by Crippen LogP contribution is -2.49. The maximum absolute atomic E-state index is 11.9. The number of ether oxygens (including phenoxy) is 1. The van der Waals surface area contributed by atoms with E-state index in [4.69, 9.17) is 4.74 Å². The highest BCUT2D eigenvalue weighted by Gasteiger charge is 2.28. The number of hydrogen-bond acceptors (Lipinski definition) is 4. The molecule has 1 unspecified atom stereocenters. The zero-order valence-electron chi connectivity index (χ0n) is 13.0. The molecule has 1 heterocycles. The fraction of sp³-hybridized carbons (Fsp3) is 0.500. The van der Waals surface area contributed by atoms with Crippen LogP contribution >= 0.6 is 0 Å². The predicted molar refractivity (Wildman–Crippen MR) is 84.8 cm³/mol. The number of carbonyl (C=O) groups is 2. The summed E-state index contributed by atoms with van der Waals surface area (Å²) in [5, 5.41) is 8.76. The van der Waals surface area contributed by atoms with Gasteiger partial charge < -0.3 is 20.7 Å². The molecule has 0 bridgehead atoms. The average Bonchev–Trinajstić information content (AvgIpc) is 2.41. The molecule has 0 aromatic heterocycles. The molecule has 1 aromatic carbocycles. The fourth-order valence-corrected chi connectivity index (χ4v) is 2.25. The molecule has 6 nitrogen and oxygen atoms in total.